The zero-order valence-electron chi connectivity index (χ0n) is 16.0. The predicted molar refractivity (Wildman–Crippen MR) is 108 cm³/mol. The lowest BCUT2D eigenvalue weighted by molar-refractivity contribution is -0.141. The first kappa shape index (κ1) is 18.3. The van der Waals surface area contributed by atoms with Gasteiger partial charge in [-0.25, -0.2) is 0 Å². The molecule has 3 aliphatic heterocycles. The van der Waals surface area contributed by atoms with Crippen molar-refractivity contribution in [3.8, 4) is 0 Å². The molecule has 7 heteroatoms. The third-order valence-electron chi connectivity index (χ3n) is 6.60. The third kappa shape index (κ3) is 2.30. The van der Waals surface area contributed by atoms with E-state index in [1.165, 1.54) is 11.9 Å². The molecule has 5 rings (SSSR count). The Morgan fingerprint density at radius 1 is 1.07 bits per heavy atom. The van der Waals surface area contributed by atoms with Crippen molar-refractivity contribution in [2.24, 2.45) is 11.8 Å². The summed E-state index contributed by atoms with van der Waals surface area (Å²) in [7, 11) is 1.50. The van der Waals surface area contributed by atoms with E-state index in [4.69, 9.17) is 11.6 Å². The molecule has 3 amide bonds. The van der Waals surface area contributed by atoms with Crippen LogP contribution in [0.2, 0.25) is 5.02 Å². The fraction of sp³-hybridized carbons (Fsp3) is 0.318. The fourth-order valence-corrected chi connectivity index (χ4v) is 5.33. The predicted octanol–water partition coefficient (Wildman–Crippen LogP) is 2.24. The summed E-state index contributed by atoms with van der Waals surface area (Å²) in [6.07, 6.45) is 0.547. The van der Waals surface area contributed by atoms with Crippen LogP contribution in [0.3, 0.4) is 0 Å². The van der Waals surface area contributed by atoms with Gasteiger partial charge in [-0.05, 0) is 30.5 Å². The highest BCUT2D eigenvalue weighted by Gasteiger charge is 2.70. The second-order valence-corrected chi connectivity index (χ2v) is 8.44. The van der Waals surface area contributed by atoms with E-state index in [-0.39, 0.29) is 23.8 Å². The van der Waals surface area contributed by atoms with Crippen LogP contribution in [0, 0.1) is 18.8 Å². The number of nitrogens with zero attached hydrogens (tertiary/aromatic N) is 1. The molecule has 2 aromatic rings. The molecule has 2 saturated heterocycles. The molecule has 3 heterocycles. The number of hydrogen-bond acceptors (Lipinski definition) is 4. The zero-order valence-corrected chi connectivity index (χ0v) is 16.8. The van der Waals surface area contributed by atoms with Crippen molar-refractivity contribution in [1.82, 2.24) is 10.2 Å². The van der Waals surface area contributed by atoms with E-state index >= 15 is 0 Å². The molecule has 0 aliphatic carbocycles. The average Bonchev–Trinajstić information content (AvgIpc) is 3.27. The summed E-state index contributed by atoms with van der Waals surface area (Å²) in [4.78, 5) is 40.6. The molecule has 1 spiro atoms. The van der Waals surface area contributed by atoms with E-state index in [0.29, 0.717) is 22.7 Å². The van der Waals surface area contributed by atoms with Crippen LogP contribution in [0.4, 0.5) is 5.69 Å². The summed E-state index contributed by atoms with van der Waals surface area (Å²) >= 11 is 6.26. The Kier molecular flexibility index (Phi) is 3.89. The standard InChI is InChI=1S/C22H20ClN3O3/c1-11-14(23)9-8-13-18(11)24-21(29)22(13)17-16(19(27)26(2)20(17)28)15(25-22)10-12-6-4-3-5-7-12/h3-9,15-17,25H,10H2,1-2H3,(H,24,29)/t15-,16+,17-,22+/m1/s1. The molecule has 148 valence electrons. The van der Waals surface area contributed by atoms with Crippen molar-refractivity contribution in [1.29, 1.82) is 0 Å². The average molecular weight is 410 g/mol. The Balaban J connectivity index is 1.67. The summed E-state index contributed by atoms with van der Waals surface area (Å²) in [6.45, 7) is 1.84. The molecule has 4 atom stereocenters. The van der Waals surface area contributed by atoms with Crippen molar-refractivity contribution in [2.75, 3.05) is 12.4 Å². The molecule has 29 heavy (non-hydrogen) atoms. The highest BCUT2D eigenvalue weighted by Crippen LogP contribution is 2.54. The summed E-state index contributed by atoms with van der Waals surface area (Å²) < 4.78 is 0. The van der Waals surface area contributed by atoms with E-state index in [9.17, 15) is 14.4 Å². The fourth-order valence-electron chi connectivity index (χ4n) is 5.18. The molecule has 2 fully saturated rings. The number of likely N-dealkylation sites (tertiary alicyclic amines) is 1. The number of rotatable bonds is 2. The minimum Gasteiger partial charge on any atom is -0.324 e. The van der Waals surface area contributed by atoms with Crippen molar-refractivity contribution < 1.29 is 14.4 Å². The lowest BCUT2D eigenvalue weighted by Crippen LogP contribution is -2.53. The second kappa shape index (κ2) is 6.15. The van der Waals surface area contributed by atoms with E-state index < -0.39 is 17.4 Å². The molecular weight excluding hydrogens is 390 g/mol. The van der Waals surface area contributed by atoms with E-state index in [0.717, 1.165) is 11.1 Å². The lowest BCUT2D eigenvalue weighted by atomic mass is 9.76. The van der Waals surface area contributed by atoms with Gasteiger partial charge < -0.3 is 5.32 Å². The Bertz CT molecular complexity index is 1070. The summed E-state index contributed by atoms with van der Waals surface area (Å²) in [5.74, 6) is -2.24. The number of anilines is 1. The number of hydrogen-bond donors (Lipinski definition) is 2. The number of carbonyl (C=O) groups is 3. The topological polar surface area (TPSA) is 78.5 Å². The number of imide groups is 1. The van der Waals surface area contributed by atoms with Gasteiger partial charge in [0.15, 0.2) is 0 Å². The molecule has 6 nitrogen and oxygen atoms in total. The molecule has 0 aromatic heterocycles. The molecule has 3 aliphatic rings. The van der Waals surface area contributed by atoms with Crippen LogP contribution in [0.1, 0.15) is 16.7 Å². The Morgan fingerprint density at radius 2 is 1.79 bits per heavy atom. The molecule has 0 bridgehead atoms. The largest absolute Gasteiger partial charge is 0.324 e. The quantitative estimate of drug-likeness (QED) is 0.746. The maximum absolute atomic E-state index is 13.3. The number of carbonyl (C=O) groups excluding carboxylic acids is 3. The number of halogens is 1. The van der Waals surface area contributed by atoms with Crippen molar-refractivity contribution in [3.63, 3.8) is 0 Å². The second-order valence-electron chi connectivity index (χ2n) is 8.04. The normalized spacial score (nSPS) is 30.1. The third-order valence-corrected chi connectivity index (χ3v) is 7.01. The van der Waals surface area contributed by atoms with Crippen molar-refractivity contribution in [3.05, 3.63) is 64.2 Å². The van der Waals surface area contributed by atoms with Gasteiger partial charge in [0, 0.05) is 23.7 Å². The monoisotopic (exact) mass is 409 g/mol. The van der Waals surface area contributed by atoms with Gasteiger partial charge in [-0.3, -0.25) is 24.6 Å². The van der Waals surface area contributed by atoms with Crippen LogP contribution >= 0.6 is 11.6 Å². The van der Waals surface area contributed by atoms with Crippen LogP contribution in [0.25, 0.3) is 0 Å². The molecule has 0 radical (unpaired) electrons. The number of nitrogens with one attached hydrogen (secondary N) is 2. The smallest absolute Gasteiger partial charge is 0.250 e. The molecular formula is C22H20ClN3O3. The van der Waals surface area contributed by atoms with Crippen LogP contribution < -0.4 is 10.6 Å². The first-order valence-electron chi connectivity index (χ1n) is 9.60. The summed E-state index contributed by atoms with van der Waals surface area (Å²) in [6, 6.07) is 13.0. The highest BCUT2D eigenvalue weighted by molar-refractivity contribution is 6.32. The number of amides is 3. The minimum absolute atomic E-state index is 0.239. The van der Waals surface area contributed by atoms with Crippen LogP contribution in [-0.2, 0) is 26.3 Å². The maximum Gasteiger partial charge on any atom is 0.250 e. The summed E-state index contributed by atoms with van der Waals surface area (Å²) in [5, 5.41) is 6.89. The van der Waals surface area contributed by atoms with Gasteiger partial charge in [-0.1, -0.05) is 48.0 Å². The Hall–Kier alpha value is -2.70. The minimum atomic E-state index is -1.27. The van der Waals surface area contributed by atoms with Gasteiger partial charge in [-0.2, -0.15) is 0 Å². The Labute approximate surface area is 173 Å². The van der Waals surface area contributed by atoms with Crippen LogP contribution in [-0.4, -0.2) is 35.7 Å². The van der Waals surface area contributed by atoms with Gasteiger partial charge in [0.25, 0.3) is 0 Å². The van der Waals surface area contributed by atoms with E-state index in [1.54, 1.807) is 12.1 Å². The molecule has 2 aromatic carbocycles. The Morgan fingerprint density at radius 3 is 2.52 bits per heavy atom. The van der Waals surface area contributed by atoms with Gasteiger partial charge in [0.2, 0.25) is 17.7 Å². The lowest BCUT2D eigenvalue weighted by Gasteiger charge is -2.29. The van der Waals surface area contributed by atoms with Gasteiger partial charge in [0.05, 0.1) is 17.5 Å². The maximum atomic E-state index is 13.3. The van der Waals surface area contributed by atoms with Gasteiger partial charge in [-0.15, -0.1) is 0 Å². The number of benzene rings is 2. The number of fused-ring (bicyclic) bond motifs is 4. The SMILES string of the molecule is Cc1c(Cl)ccc2c1NC(=O)[C@]21N[C@H](Cc2ccccc2)[C@@H]2C(=O)N(C)C(=O)[C@@H]21. The first-order chi connectivity index (χ1) is 13.9. The van der Waals surface area contributed by atoms with Crippen LogP contribution in [0.15, 0.2) is 42.5 Å². The van der Waals surface area contributed by atoms with E-state index in [1.807, 2.05) is 37.3 Å². The van der Waals surface area contributed by atoms with Gasteiger partial charge in [0.1, 0.15) is 5.54 Å². The van der Waals surface area contributed by atoms with Crippen molar-refractivity contribution in [2.45, 2.75) is 24.9 Å². The molecule has 2 N–H and O–H groups in total. The van der Waals surface area contributed by atoms with Crippen molar-refractivity contribution >= 4 is 35.0 Å². The highest BCUT2D eigenvalue weighted by atomic mass is 35.5. The molecule has 0 saturated carbocycles. The first-order valence-corrected chi connectivity index (χ1v) is 9.98. The summed E-state index contributed by atoms with van der Waals surface area (Å²) in [5.41, 5.74) is 1.84. The van der Waals surface area contributed by atoms with E-state index in [2.05, 4.69) is 10.6 Å². The van der Waals surface area contributed by atoms with Crippen LogP contribution in [0.5, 0.6) is 0 Å². The zero-order chi connectivity index (χ0) is 20.5. The van der Waals surface area contributed by atoms with Gasteiger partial charge >= 0.3 is 0 Å². The molecule has 0 unspecified atom stereocenters.